The van der Waals surface area contributed by atoms with Crippen LogP contribution in [0.25, 0.3) is 0 Å². The monoisotopic (exact) mass is 487 g/mol. The summed E-state index contributed by atoms with van der Waals surface area (Å²) in [6, 6.07) is 3.13. The lowest BCUT2D eigenvalue weighted by molar-refractivity contribution is -0.272. The fraction of sp³-hybridized carbons (Fsp3) is 0.409. The Morgan fingerprint density at radius 1 is 1.24 bits per heavy atom. The highest BCUT2D eigenvalue weighted by Gasteiger charge is 2.65. The first-order valence-electron chi connectivity index (χ1n) is 10.1. The maximum atomic E-state index is 14.4. The van der Waals surface area contributed by atoms with E-state index in [1.54, 1.807) is 0 Å². The number of halogens is 5. The van der Waals surface area contributed by atoms with Crippen molar-refractivity contribution in [3.63, 3.8) is 0 Å². The molecule has 2 aromatic rings. The number of carbonyl (C=O) groups is 2. The minimum absolute atomic E-state index is 0.0710. The molecule has 0 aliphatic carbocycles. The zero-order valence-corrected chi connectivity index (χ0v) is 18.6. The second-order valence-corrected chi connectivity index (χ2v) is 8.13. The molecule has 1 aromatic heterocycles. The van der Waals surface area contributed by atoms with E-state index >= 15 is 0 Å². The van der Waals surface area contributed by atoms with Crippen molar-refractivity contribution in [2.75, 3.05) is 12.4 Å². The molecule has 1 saturated heterocycles. The van der Waals surface area contributed by atoms with E-state index in [4.69, 9.17) is 15.2 Å². The zero-order chi connectivity index (χ0) is 25.6. The van der Waals surface area contributed by atoms with E-state index < -0.39 is 58.9 Å². The average Bonchev–Trinajstić information content (AvgIpc) is 3.03. The average molecular weight is 487 g/mol. The molecule has 1 aliphatic heterocycles. The number of aromatic nitrogens is 1. The van der Waals surface area contributed by atoms with Gasteiger partial charge < -0.3 is 20.5 Å². The Bertz CT molecular complexity index is 1140. The van der Waals surface area contributed by atoms with Crippen LogP contribution in [0.15, 0.2) is 24.4 Å². The Labute approximate surface area is 191 Å². The van der Waals surface area contributed by atoms with Crippen LogP contribution in [0.2, 0.25) is 0 Å². The number of benzene rings is 1. The van der Waals surface area contributed by atoms with Crippen LogP contribution < -0.4 is 15.8 Å². The molecule has 3 N–H and O–H groups in total. The van der Waals surface area contributed by atoms with Crippen molar-refractivity contribution in [1.29, 1.82) is 0 Å². The van der Waals surface area contributed by atoms with Crippen molar-refractivity contribution in [1.82, 2.24) is 4.98 Å². The SMILES string of the molecule is COc1c([C@@H]2[C@@H](C)[C@](C)(C(F)(F)F)O[C@H]2C(=O)Nc2ccnc(C(N)=O)c2C)ccc(F)c1F. The predicted molar refractivity (Wildman–Crippen MR) is 110 cm³/mol. The minimum Gasteiger partial charge on any atom is -0.493 e. The predicted octanol–water partition coefficient (Wildman–Crippen LogP) is 3.85. The van der Waals surface area contributed by atoms with Gasteiger partial charge in [-0.3, -0.25) is 14.6 Å². The molecule has 3 rings (SSSR count). The molecule has 1 aliphatic rings. The van der Waals surface area contributed by atoms with Gasteiger partial charge in [0, 0.05) is 34.8 Å². The van der Waals surface area contributed by atoms with Gasteiger partial charge in [0.25, 0.3) is 11.8 Å². The Hall–Kier alpha value is -3.28. The molecular formula is C22H22F5N3O4. The number of primary amides is 1. The van der Waals surface area contributed by atoms with E-state index in [1.165, 1.54) is 26.1 Å². The summed E-state index contributed by atoms with van der Waals surface area (Å²) in [6.45, 7) is 3.43. The Balaban J connectivity index is 2.11. The number of hydrogen-bond donors (Lipinski definition) is 2. The summed E-state index contributed by atoms with van der Waals surface area (Å²) < 4.78 is 80.4. The lowest BCUT2D eigenvalue weighted by Crippen LogP contribution is -2.47. The van der Waals surface area contributed by atoms with Gasteiger partial charge in [-0.1, -0.05) is 13.0 Å². The largest absolute Gasteiger partial charge is 0.493 e. The molecule has 0 radical (unpaired) electrons. The normalized spacial score (nSPS) is 24.7. The molecule has 1 fully saturated rings. The quantitative estimate of drug-likeness (QED) is 0.624. The van der Waals surface area contributed by atoms with Crippen LogP contribution in [0.5, 0.6) is 5.75 Å². The smallest absolute Gasteiger partial charge is 0.417 e. The van der Waals surface area contributed by atoms with Gasteiger partial charge in [-0.2, -0.15) is 17.6 Å². The second kappa shape index (κ2) is 8.82. The van der Waals surface area contributed by atoms with Crippen LogP contribution in [0.1, 0.15) is 41.4 Å². The first-order valence-corrected chi connectivity index (χ1v) is 10.1. The van der Waals surface area contributed by atoms with E-state index in [0.717, 1.165) is 26.2 Å². The van der Waals surface area contributed by atoms with Crippen molar-refractivity contribution in [3.05, 3.63) is 52.9 Å². The van der Waals surface area contributed by atoms with Crippen molar-refractivity contribution in [2.45, 2.75) is 44.6 Å². The Morgan fingerprint density at radius 2 is 1.88 bits per heavy atom. The summed E-state index contributed by atoms with van der Waals surface area (Å²) in [7, 11) is 1.03. The van der Waals surface area contributed by atoms with Gasteiger partial charge in [0.05, 0.1) is 7.11 Å². The molecule has 0 unspecified atom stereocenters. The van der Waals surface area contributed by atoms with Gasteiger partial charge in [0.1, 0.15) is 11.8 Å². The number of amides is 2. The molecule has 12 heteroatoms. The fourth-order valence-electron chi connectivity index (χ4n) is 4.16. The van der Waals surface area contributed by atoms with Crippen molar-refractivity contribution >= 4 is 17.5 Å². The Kier molecular flexibility index (Phi) is 6.57. The number of nitrogens with zero attached hydrogens (tertiary/aromatic N) is 1. The number of methoxy groups -OCH3 is 1. The van der Waals surface area contributed by atoms with Crippen LogP contribution in [0.4, 0.5) is 27.6 Å². The summed E-state index contributed by atoms with van der Waals surface area (Å²) in [4.78, 5) is 28.5. The first-order chi connectivity index (χ1) is 15.7. The number of pyridine rings is 1. The highest BCUT2D eigenvalue weighted by atomic mass is 19.4. The van der Waals surface area contributed by atoms with Crippen LogP contribution in [-0.4, -0.2) is 41.8 Å². The number of nitrogens with two attached hydrogens (primary N) is 1. The van der Waals surface area contributed by atoms with Crippen molar-refractivity contribution in [2.24, 2.45) is 11.7 Å². The van der Waals surface area contributed by atoms with E-state index in [1.807, 2.05) is 0 Å². The standard InChI is InChI=1S/C22H22F5N3O4/c1-9-13(7-8-29-16(9)19(28)31)30-20(32)18-14(10(2)21(3,34-18)22(25,26)27)11-5-6-12(23)15(24)17(11)33-4/h5-8,10,14,18H,1-4H3,(H2,28,31)(H,29,30,32)/t10-,14+,18-,21-/m1/s1. The third-order valence-corrected chi connectivity index (χ3v) is 6.27. The number of ether oxygens (including phenoxy) is 2. The molecular weight excluding hydrogens is 465 g/mol. The molecule has 2 amide bonds. The van der Waals surface area contributed by atoms with Gasteiger partial charge in [-0.25, -0.2) is 4.39 Å². The van der Waals surface area contributed by atoms with E-state index in [0.29, 0.717) is 0 Å². The third-order valence-electron chi connectivity index (χ3n) is 6.27. The third kappa shape index (κ3) is 4.06. The van der Waals surface area contributed by atoms with Crippen LogP contribution in [-0.2, 0) is 9.53 Å². The number of anilines is 1. The minimum atomic E-state index is -4.89. The molecule has 4 atom stereocenters. The topological polar surface area (TPSA) is 104 Å². The van der Waals surface area contributed by atoms with Crippen molar-refractivity contribution < 1.29 is 41.0 Å². The highest BCUT2D eigenvalue weighted by Crippen LogP contribution is 2.55. The summed E-state index contributed by atoms with van der Waals surface area (Å²) in [5.74, 6) is -7.92. The maximum absolute atomic E-state index is 14.4. The van der Waals surface area contributed by atoms with E-state index in [2.05, 4.69) is 10.3 Å². The number of alkyl halides is 3. The number of nitrogens with one attached hydrogen (secondary N) is 1. The van der Waals surface area contributed by atoms with Crippen LogP contribution in [0.3, 0.4) is 0 Å². The van der Waals surface area contributed by atoms with Crippen molar-refractivity contribution in [3.8, 4) is 5.75 Å². The van der Waals surface area contributed by atoms with Gasteiger partial charge >= 0.3 is 6.18 Å². The number of carbonyl (C=O) groups excluding carboxylic acids is 2. The zero-order valence-electron chi connectivity index (χ0n) is 18.6. The van der Waals surface area contributed by atoms with Crippen LogP contribution in [0, 0.1) is 24.5 Å². The molecule has 0 bridgehead atoms. The maximum Gasteiger partial charge on any atom is 0.417 e. The van der Waals surface area contributed by atoms with Crippen LogP contribution >= 0.6 is 0 Å². The Morgan fingerprint density at radius 3 is 2.44 bits per heavy atom. The number of hydrogen-bond acceptors (Lipinski definition) is 5. The highest BCUT2D eigenvalue weighted by molar-refractivity contribution is 5.99. The molecule has 2 heterocycles. The van der Waals surface area contributed by atoms with Gasteiger partial charge in [0.2, 0.25) is 5.82 Å². The second-order valence-electron chi connectivity index (χ2n) is 8.13. The molecule has 184 valence electrons. The lowest BCUT2D eigenvalue weighted by Gasteiger charge is -2.32. The molecule has 0 saturated carbocycles. The molecule has 1 aromatic carbocycles. The first kappa shape index (κ1) is 25.3. The summed E-state index contributed by atoms with van der Waals surface area (Å²) in [5, 5.41) is 2.43. The van der Waals surface area contributed by atoms with E-state index in [9.17, 15) is 31.5 Å². The molecule has 0 spiro atoms. The lowest BCUT2D eigenvalue weighted by atomic mass is 9.77. The van der Waals surface area contributed by atoms with Gasteiger partial charge in [0.15, 0.2) is 17.2 Å². The molecule has 7 nitrogen and oxygen atoms in total. The van der Waals surface area contributed by atoms with Gasteiger partial charge in [-0.05, 0) is 26.0 Å². The van der Waals surface area contributed by atoms with Gasteiger partial charge in [-0.15, -0.1) is 0 Å². The summed E-state index contributed by atoms with van der Waals surface area (Å²) in [5.41, 5.74) is 2.42. The number of rotatable bonds is 5. The summed E-state index contributed by atoms with van der Waals surface area (Å²) in [6.07, 6.45) is -5.47. The molecule has 34 heavy (non-hydrogen) atoms. The fourth-order valence-corrected chi connectivity index (χ4v) is 4.16. The van der Waals surface area contributed by atoms with E-state index in [-0.39, 0.29) is 22.5 Å². The summed E-state index contributed by atoms with van der Waals surface area (Å²) >= 11 is 0.